The third kappa shape index (κ3) is 6.46. The van der Waals surface area contributed by atoms with Crippen molar-refractivity contribution in [3.05, 3.63) is 203 Å². The average molecular weight is 605 g/mol. The molecule has 0 bridgehead atoms. The molecule has 0 aromatic heterocycles. The molecule has 0 nitrogen and oxygen atoms in total. The van der Waals surface area contributed by atoms with E-state index in [4.69, 9.17) is 0 Å². The Labute approximate surface area is 280 Å². The first kappa shape index (κ1) is 30.2. The van der Waals surface area contributed by atoms with Gasteiger partial charge in [-0.25, -0.2) is 0 Å². The summed E-state index contributed by atoms with van der Waals surface area (Å²) >= 11 is 0. The van der Waals surface area contributed by atoms with Crippen LogP contribution in [0.2, 0.25) is 0 Å². The molecule has 0 aliphatic heterocycles. The lowest BCUT2D eigenvalue weighted by Gasteiger charge is -2.22. The molecule has 7 rings (SSSR count). The second-order valence-electron chi connectivity index (χ2n) is 13.1. The maximum absolute atomic E-state index is 2.38. The molecule has 0 N–H and O–H groups in total. The Morgan fingerprint density at radius 1 is 0.532 bits per heavy atom. The summed E-state index contributed by atoms with van der Waals surface area (Å²) in [7, 11) is 0. The van der Waals surface area contributed by atoms with E-state index < -0.39 is 0 Å². The summed E-state index contributed by atoms with van der Waals surface area (Å²) in [5.41, 5.74) is 16.6. The SMILES string of the molecule is Cc1ccc2c(c1)C(C)(C)C(=Cc1ccc(-c3ccccc3)cc1)/C2=C\C=C\Cc1ccc(-c2cccc(-c3ccccc3)c2)cc1. The van der Waals surface area contributed by atoms with E-state index in [0.717, 1.165) is 6.42 Å². The first-order chi connectivity index (χ1) is 23.0. The van der Waals surface area contributed by atoms with E-state index in [9.17, 15) is 0 Å². The Balaban J connectivity index is 1.12. The molecule has 1 aliphatic rings. The predicted octanol–water partition coefficient (Wildman–Crippen LogP) is 12.6. The van der Waals surface area contributed by atoms with Gasteiger partial charge < -0.3 is 0 Å². The van der Waals surface area contributed by atoms with Crippen molar-refractivity contribution in [1.29, 1.82) is 0 Å². The fraction of sp³-hybridized carbons (Fsp3) is 0.106. The number of allylic oxidation sites excluding steroid dienone is 5. The maximum Gasteiger partial charge on any atom is 0.0159 e. The van der Waals surface area contributed by atoms with Crippen molar-refractivity contribution in [2.24, 2.45) is 0 Å². The molecule has 0 saturated carbocycles. The van der Waals surface area contributed by atoms with Gasteiger partial charge in [0.1, 0.15) is 0 Å². The molecule has 1 aliphatic carbocycles. The van der Waals surface area contributed by atoms with Gasteiger partial charge in [0.05, 0.1) is 0 Å². The second kappa shape index (κ2) is 13.1. The van der Waals surface area contributed by atoms with Gasteiger partial charge in [-0.3, -0.25) is 0 Å². The van der Waals surface area contributed by atoms with Gasteiger partial charge in [-0.15, -0.1) is 0 Å². The van der Waals surface area contributed by atoms with Crippen LogP contribution in [0.1, 0.15) is 41.7 Å². The highest BCUT2D eigenvalue weighted by molar-refractivity contribution is 5.94. The van der Waals surface area contributed by atoms with Crippen LogP contribution in [0.15, 0.2) is 175 Å². The van der Waals surface area contributed by atoms with Gasteiger partial charge in [-0.2, -0.15) is 0 Å². The molecule has 228 valence electrons. The fourth-order valence-corrected chi connectivity index (χ4v) is 6.75. The lowest BCUT2D eigenvalue weighted by Crippen LogP contribution is -2.15. The molecule has 0 radical (unpaired) electrons. The van der Waals surface area contributed by atoms with Crippen LogP contribution >= 0.6 is 0 Å². The van der Waals surface area contributed by atoms with Gasteiger partial charge in [-0.05, 0) is 86.2 Å². The summed E-state index contributed by atoms with van der Waals surface area (Å²) in [6.45, 7) is 6.91. The molecule has 0 heteroatoms. The lowest BCUT2D eigenvalue weighted by molar-refractivity contribution is 0.664. The molecule has 0 fully saturated rings. The van der Waals surface area contributed by atoms with E-state index in [0.29, 0.717) is 0 Å². The van der Waals surface area contributed by atoms with E-state index in [1.165, 1.54) is 72.3 Å². The second-order valence-corrected chi connectivity index (χ2v) is 13.1. The standard InChI is InChI=1S/C47H40/c1-34-21-30-44-43(46(47(2,3)45(44)31-34)32-36-24-28-39(29-25-36)37-14-6-4-7-15-37)20-11-10-13-35-22-26-40(27-23-35)42-19-12-18-41(33-42)38-16-8-5-9-17-38/h4-12,14-33H,13H2,1-3H3/b11-10+,43-20-,46-32?. The summed E-state index contributed by atoms with van der Waals surface area (Å²) in [5, 5.41) is 0. The Morgan fingerprint density at radius 3 is 1.74 bits per heavy atom. The highest BCUT2D eigenvalue weighted by Crippen LogP contribution is 2.50. The Hall–Kier alpha value is -5.46. The normalized spacial score (nSPS) is 15.4. The summed E-state index contributed by atoms with van der Waals surface area (Å²) < 4.78 is 0. The van der Waals surface area contributed by atoms with Crippen LogP contribution in [0.3, 0.4) is 0 Å². The molecule has 6 aromatic carbocycles. The minimum atomic E-state index is -0.0905. The minimum Gasteiger partial charge on any atom is -0.0801 e. The molecular weight excluding hydrogens is 565 g/mol. The number of fused-ring (bicyclic) bond motifs is 1. The van der Waals surface area contributed by atoms with Gasteiger partial charge in [0.2, 0.25) is 0 Å². The molecule has 0 amide bonds. The smallest absolute Gasteiger partial charge is 0.0159 e. The molecule has 0 atom stereocenters. The Bertz CT molecular complexity index is 2090. The van der Waals surface area contributed by atoms with Crippen molar-refractivity contribution >= 4 is 11.6 Å². The van der Waals surface area contributed by atoms with Crippen LogP contribution in [0, 0.1) is 6.92 Å². The summed E-state index contributed by atoms with van der Waals surface area (Å²) in [5.74, 6) is 0. The largest absolute Gasteiger partial charge is 0.0801 e. The van der Waals surface area contributed by atoms with Gasteiger partial charge in [0.15, 0.2) is 0 Å². The zero-order valence-corrected chi connectivity index (χ0v) is 27.5. The summed E-state index contributed by atoms with van der Waals surface area (Å²) in [6, 6.07) is 54.8. The Morgan fingerprint density at radius 2 is 1.09 bits per heavy atom. The maximum atomic E-state index is 2.38. The lowest BCUT2D eigenvalue weighted by atomic mass is 9.81. The van der Waals surface area contributed by atoms with Crippen LogP contribution in [-0.4, -0.2) is 0 Å². The number of hydrogen-bond donors (Lipinski definition) is 0. The summed E-state index contributed by atoms with van der Waals surface area (Å²) in [4.78, 5) is 0. The van der Waals surface area contributed by atoms with Gasteiger partial charge in [0, 0.05) is 5.41 Å². The van der Waals surface area contributed by atoms with Crippen molar-refractivity contribution in [2.75, 3.05) is 0 Å². The Kier molecular flexibility index (Phi) is 8.42. The van der Waals surface area contributed by atoms with Crippen LogP contribution in [0.4, 0.5) is 0 Å². The predicted molar refractivity (Wildman–Crippen MR) is 202 cm³/mol. The van der Waals surface area contributed by atoms with Crippen molar-refractivity contribution in [3.8, 4) is 33.4 Å². The van der Waals surface area contributed by atoms with Crippen LogP contribution in [0.25, 0.3) is 45.0 Å². The van der Waals surface area contributed by atoms with Crippen LogP contribution in [-0.2, 0) is 11.8 Å². The van der Waals surface area contributed by atoms with Crippen molar-refractivity contribution in [1.82, 2.24) is 0 Å². The average Bonchev–Trinajstić information content (AvgIpc) is 3.32. The quantitative estimate of drug-likeness (QED) is 0.170. The van der Waals surface area contributed by atoms with Gasteiger partial charge in [-0.1, -0.05) is 189 Å². The fourth-order valence-electron chi connectivity index (χ4n) is 6.75. The van der Waals surface area contributed by atoms with Gasteiger partial charge in [0.25, 0.3) is 0 Å². The number of rotatable bonds is 7. The third-order valence-corrected chi connectivity index (χ3v) is 9.44. The van der Waals surface area contributed by atoms with E-state index in [2.05, 4.69) is 197 Å². The zero-order chi connectivity index (χ0) is 32.2. The highest BCUT2D eigenvalue weighted by Gasteiger charge is 2.37. The molecule has 0 spiro atoms. The van der Waals surface area contributed by atoms with E-state index >= 15 is 0 Å². The molecule has 0 saturated heterocycles. The van der Waals surface area contributed by atoms with Gasteiger partial charge >= 0.3 is 0 Å². The third-order valence-electron chi connectivity index (χ3n) is 9.44. The molecule has 0 heterocycles. The topological polar surface area (TPSA) is 0 Å². The monoisotopic (exact) mass is 604 g/mol. The van der Waals surface area contributed by atoms with Crippen molar-refractivity contribution < 1.29 is 0 Å². The highest BCUT2D eigenvalue weighted by atomic mass is 14.4. The summed E-state index contributed by atoms with van der Waals surface area (Å²) in [6.07, 6.45) is 10.1. The van der Waals surface area contributed by atoms with Crippen molar-refractivity contribution in [3.63, 3.8) is 0 Å². The van der Waals surface area contributed by atoms with Crippen LogP contribution < -0.4 is 0 Å². The van der Waals surface area contributed by atoms with Crippen LogP contribution in [0.5, 0.6) is 0 Å². The zero-order valence-electron chi connectivity index (χ0n) is 27.5. The number of hydrogen-bond acceptors (Lipinski definition) is 0. The first-order valence-electron chi connectivity index (χ1n) is 16.6. The molecular formula is C47H40. The van der Waals surface area contributed by atoms with Crippen molar-refractivity contribution in [2.45, 2.75) is 32.6 Å². The first-order valence-corrected chi connectivity index (χ1v) is 16.6. The molecule has 47 heavy (non-hydrogen) atoms. The molecule has 0 unspecified atom stereocenters. The van der Waals surface area contributed by atoms with E-state index in [1.54, 1.807) is 0 Å². The number of benzene rings is 6. The van der Waals surface area contributed by atoms with E-state index in [-0.39, 0.29) is 5.41 Å². The molecule has 6 aromatic rings. The number of aryl methyl sites for hydroxylation is 1. The minimum absolute atomic E-state index is 0.0905. The van der Waals surface area contributed by atoms with E-state index in [1.807, 2.05) is 0 Å².